The predicted molar refractivity (Wildman–Crippen MR) is 151 cm³/mol. The maximum Gasteiger partial charge on any atom is 0.300 e. The van der Waals surface area contributed by atoms with Crippen molar-refractivity contribution in [2.45, 2.75) is 32.7 Å². The first-order chi connectivity index (χ1) is 18.0. The van der Waals surface area contributed by atoms with E-state index in [4.69, 9.17) is 4.98 Å². The second kappa shape index (κ2) is 10.7. The first kappa shape index (κ1) is 24.9. The number of hydrogen-bond acceptors (Lipinski definition) is 5. The second-order valence-corrected chi connectivity index (χ2v) is 11.3. The van der Waals surface area contributed by atoms with Crippen LogP contribution in [0.2, 0.25) is 0 Å². The first-order valence-electron chi connectivity index (χ1n) is 12.2. The van der Waals surface area contributed by atoms with Crippen LogP contribution in [0.15, 0.2) is 90.3 Å². The van der Waals surface area contributed by atoms with Crippen LogP contribution in [0.25, 0.3) is 21.5 Å². The zero-order valence-corrected chi connectivity index (χ0v) is 22.1. The fourth-order valence-electron chi connectivity index (χ4n) is 4.31. The van der Waals surface area contributed by atoms with Crippen LogP contribution in [0.4, 0.5) is 5.69 Å². The Morgan fingerprint density at radius 2 is 1.68 bits per heavy atom. The van der Waals surface area contributed by atoms with Crippen LogP contribution in [0.3, 0.4) is 0 Å². The minimum atomic E-state index is -4.24. The van der Waals surface area contributed by atoms with Gasteiger partial charge in [0.25, 0.3) is 5.12 Å². The zero-order chi connectivity index (χ0) is 25.8. The number of aromatic nitrogens is 2. The van der Waals surface area contributed by atoms with Crippen molar-refractivity contribution in [3.8, 4) is 10.4 Å². The van der Waals surface area contributed by atoms with Crippen molar-refractivity contribution in [1.82, 2.24) is 9.55 Å². The molecule has 5 aromatic rings. The maximum absolute atomic E-state index is 12.8. The number of anilines is 1. The molecule has 2 heterocycles. The Morgan fingerprint density at radius 3 is 2.43 bits per heavy atom. The quantitative estimate of drug-likeness (QED) is 0.229. The largest absolute Gasteiger partial charge is 0.323 e. The number of thiophene rings is 1. The van der Waals surface area contributed by atoms with Gasteiger partial charge in [0.1, 0.15) is 5.82 Å². The van der Waals surface area contributed by atoms with E-state index in [-0.39, 0.29) is 5.56 Å². The highest BCUT2D eigenvalue weighted by molar-refractivity contribution is 8.07. The molecule has 0 radical (unpaired) electrons. The van der Waals surface area contributed by atoms with Crippen molar-refractivity contribution in [1.29, 1.82) is 0 Å². The van der Waals surface area contributed by atoms with Gasteiger partial charge in [-0.15, -0.1) is 11.3 Å². The van der Waals surface area contributed by atoms with Crippen molar-refractivity contribution in [2.24, 2.45) is 0 Å². The molecule has 0 saturated carbocycles. The molecule has 0 aliphatic rings. The van der Waals surface area contributed by atoms with Crippen LogP contribution in [0, 0.1) is 0 Å². The molecule has 6 nitrogen and oxygen atoms in total. The molecule has 0 spiro atoms. The van der Waals surface area contributed by atoms with E-state index in [2.05, 4.69) is 34.4 Å². The van der Waals surface area contributed by atoms with E-state index in [1.165, 1.54) is 23.5 Å². The van der Waals surface area contributed by atoms with E-state index in [0.29, 0.717) is 12.2 Å². The van der Waals surface area contributed by atoms with Crippen LogP contribution in [-0.4, -0.2) is 23.1 Å². The van der Waals surface area contributed by atoms with Crippen LogP contribution in [0.1, 0.15) is 41.5 Å². The van der Waals surface area contributed by atoms with Crippen molar-refractivity contribution in [2.75, 3.05) is 4.72 Å². The van der Waals surface area contributed by atoms with E-state index in [0.717, 1.165) is 52.1 Å². The molecule has 0 bridgehead atoms. The zero-order valence-electron chi connectivity index (χ0n) is 20.4. The lowest BCUT2D eigenvalue weighted by Gasteiger charge is -2.11. The number of nitrogens with one attached hydrogen (secondary N) is 1. The topological polar surface area (TPSA) is 81.1 Å². The summed E-state index contributed by atoms with van der Waals surface area (Å²) in [5.41, 5.74) is 4.65. The minimum Gasteiger partial charge on any atom is -0.323 e. The van der Waals surface area contributed by atoms with E-state index < -0.39 is 15.1 Å². The van der Waals surface area contributed by atoms with Gasteiger partial charge in [0.15, 0.2) is 0 Å². The second-order valence-electron chi connectivity index (χ2n) is 8.83. The number of imidazole rings is 1. The normalized spacial score (nSPS) is 11.6. The van der Waals surface area contributed by atoms with Gasteiger partial charge in [0, 0.05) is 18.5 Å². The Labute approximate surface area is 220 Å². The van der Waals surface area contributed by atoms with Gasteiger partial charge in [-0.3, -0.25) is 9.52 Å². The molecule has 0 atom stereocenters. The number of carbonyl (C=O) groups excluding carboxylic acids is 1. The monoisotopic (exact) mass is 529 g/mol. The minimum absolute atomic E-state index is 0.126. The van der Waals surface area contributed by atoms with Gasteiger partial charge in [-0.2, -0.15) is 8.42 Å². The summed E-state index contributed by atoms with van der Waals surface area (Å²) >= 11 is 1.42. The summed E-state index contributed by atoms with van der Waals surface area (Å²) < 4.78 is 30.3. The lowest BCUT2D eigenvalue weighted by Crippen LogP contribution is -2.23. The third kappa shape index (κ3) is 5.35. The number of unbranched alkanes of at least 4 members (excludes halogenated alkanes) is 1. The molecule has 0 aliphatic carbocycles. The standard InChI is InChI=1S/C29H27N3O3S2/c1-2-3-13-27-30-24-11-7-8-12-26(24)32(27)20-21-14-16-22(17-15-21)28-25(18-19-36-28)31-37(34,35)29(33)23-9-5-4-6-10-23/h4-12,14-19,31H,2-3,13,20H2,1H3. The highest BCUT2D eigenvalue weighted by Gasteiger charge is 2.25. The van der Waals surface area contributed by atoms with Gasteiger partial charge in [-0.05, 0) is 41.1 Å². The average molecular weight is 530 g/mol. The summed E-state index contributed by atoms with van der Waals surface area (Å²) in [5, 5.41) is 0.859. The molecule has 2 aromatic heterocycles. The van der Waals surface area contributed by atoms with E-state index in [1.54, 1.807) is 24.3 Å². The molecule has 0 amide bonds. The molecule has 5 rings (SSSR count). The van der Waals surface area contributed by atoms with Gasteiger partial charge >= 0.3 is 10.0 Å². The third-order valence-electron chi connectivity index (χ3n) is 6.21. The number of hydrogen-bond donors (Lipinski definition) is 1. The number of carbonyl (C=O) groups is 1. The Bertz CT molecular complexity index is 1640. The van der Waals surface area contributed by atoms with Crippen molar-refractivity contribution in [3.63, 3.8) is 0 Å². The van der Waals surface area contributed by atoms with Gasteiger partial charge in [0.2, 0.25) is 0 Å². The summed E-state index contributed by atoms with van der Waals surface area (Å²) in [7, 11) is -4.24. The summed E-state index contributed by atoms with van der Waals surface area (Å²) in [6, 6.07) is 26.0. The maximum atomic E-state index is 12.8. The number of aryl methyl sites for hydroxylation is 1. The Balaban J connectivity index is 1.37. The van der Waals surface area contributed by atoms with Gasteiger partial charge in [-0.25, -0.2) is 4.98 Å². The highest BCUT2D eigenvalue weighted by atomic mass is 32.2. The summed E-state index contributed by atoms with van der Waals surface area (Å²) in [5.74, 6) is 1.09. The van der Waals surface area contributed by atoms with Gasteiger partial charge in [0.05, 0.1) is 21.6 Å². The molecular formula is C29H27N3O3S2. The van der Waals surface area contributed by atoms with Crippen LogP contribution < -0.4 is 4.72 Å². The molecule has 0 aliphatic heterocycles. The number of fused-ring (bicyclic) bond motifs is 1. The molecule has 188 valence electrons. The SMILES string of the molecule is CCCCc1nc2ccccc2n1Cc1ccc(-c2sccc2NS(=O)(=O)C(=O)c2ccccc2)cc1. The molecular weight excluding hydrogens is 502 g/mol. The molecule has 0 unspecified atom stereocenters. The summed E-state index contributed by atoms with van der Waals surface area (Å²) in [4.78, 5) is 18.2. The third-order valence-corrected chi connectivity index (χ3v) is 8.38. The number of nitrogens with zero attached hydrogens (tertiary/aromatic N) is 2. The lowest BCUT2D eigenvalue weighted by molar-refractivity contribution is 0.107. The van der Waals surface area contributed by atoms with E-state index in [9.17, 15) is 13.2 Å². The Morgan fingerprint density at radius 1 is 0.946 bits per heavy atom. The number of sulfonamides is 1. The first-order valence-corrected chi connectivity index (χ1v) is 14.6. The van der Waals surface area contributed by atoms with Gasteiger partial charge < -0.3 is 4.57 Å². The van der Waals surface area contributed by atoms with Crippen molar-refractivity contribution in [3.05, 3.63) is 107 Å². The van der Waals surface area contributed by atoms with Crippen molar-refractivity contribution < 1.29 is 13.2 Å². The summed E-state index contributed by atoms with van der Waals surface area (Å²) in [6.45, 7) is 2.89. The predicted octanol–water partition coefficient (Wildman–Crippen LogP) is 6.74. The number of benzene rings is 3. The summed E-state index contributed by atoms with van der Waals surface area (Å²) in [6.07, 6.45) is 3.14. The molecule has 0 saturated heterocycles. The van der Waals surface area contributed by atoms with Crippen molar-refractivity contribution >= 4 is 43.2 Å². The van der Waals surface area contributed by atoms with Crippen LogP contribution in [-0.2, 0) is 23.0 Å². The molecule has 37 heavy (non-hydrogen) atoms. The van der Waals surface area contributed by atoms with Crippen LogP contribution >= 0.6 is 11.3 Å². The lowest BCUT2D eigenvalue weighted by atomic mass is 10.1. The molecule has 1 N–H and O–H groups in total. The fourth-order valence-corrected chi connectivity index (χ4v) is 6.23. The molecule has 8 heteroatoms. The Hall–Kier alpha value is -3.75. The molecule has 3 aromatic carbocycles. The van der Waals surface area contributed by atoms with Crippen LogP contribution in [0.5, 0.6) is 0 Å². The smallest absolute Gasteiger partial charge is 0.300 e. The van der Waals surface area contributed by atoms with E-state index in [1.807, 2.05) is 35.7 Å². The fraction of sp³-hybridized carbons (Fsp3) is 0.172. The average Bonchev–Trinajstić information content (AvgIpc) is 3.52. The number of para-hydroxylation sites is 2. The highest BCUT2D eigenvalue weighted by Crippen LogP contribution is 2.35. The van der Waals surface area contributed by atoms with Gasteiger partial charge in [-0.1, -0.05) is 80.1 Å². The molecule has 0 fully saturated rings. The number of rotatable bonds is 9. The Kier molecular flexibility index (Phi) is 7.21. The van der Waals surface area contributed by atoms with E-state index >= 15 is 0 Å².